The van der Waals surface area contributed by atoms with Crippen LogP contribution in [0.5, 0.6) is 0 Å². The number of para-hydroxylation sites is 2. The maximum atomic E-state index is 6.37. The summed E-state index contributed by atoms with van der Waals surface area (Å²) < 4.78 is 6.37. The van der Waals surface area contributed by atoms with Gasteiger partial charge in [-0.25, -0.2) is 0 Å². The Balaban J connectivity index is 1.14. The van der Waals surface area contributed by atoms with E-state index in [0.717, 1.165) is 33.6 Å². The van der Waals surface area contributed by atoms with Gasteiger partial charge in [0.15, 0.2) is 0 Å². The number of furan rings is 1. The minimum absolute atomic E-state index is 0.913. The summed E-state index contributed by atoms with van der Waals surface area (Å²) in [6.07, 6.45) is 0. The van der Waals surface area contributed by atoms with Crippen molar-refractivity contribution in [3.05, 3.63) is 188 Å². The van der Waals surface area contributed by atoms with Gasteiger partial charge in [0.05, 0.1) is 0 Å². The normalized spacial score (nSPS) is 11.3. The monoisotopic (exact) mass is 613 g/mol. The topological polar surface area (TPSA) is 16.4 Å². The zero-order chi connectivity index (χ0) is 31.9. The molecule has 0 saturated heterocycles. The van der Waals surface area contributed by atoms with E-state index in [4.69, 9.17) is 4.42 Å². The van der Waals surface area contributed by atoms with E-state index in [1.54, 1.807) is 0 Å². The molecule has 0 N–H and O–H groups in total. The summed E-state index contributed by atoms with van der Waals surface area (Å²) >= 11 is 0. The minimum Gasteiger partial charge on any atom is -0.456 e. The molecule has 0 spiro atoms. The zero-order valence-electron chi connectivity index (χ0n) is 26.3. The molecular weight excluding hydrogens is 583 g/mol. The lowest BCUT2D eigenvalue weighted by atomic mass is 9.92. The van der Waals surface area contributed by atoms with Crippen LogP contribution in [0, 0.1) is 0 Å². The molecule has 9 aromatic rings. The third-order valence-electron chi connectivity index (χ3n) is 9.27. The fraction of sp³-hybridized carbons (Fsp3) is 0. The van der Waals surface area contributed by atoms with E-state index in [-0.39, 0.29) is 0 Å². The van der Waals surface area contributed by atoms with Crippen molar-refractivity contribution < 1.29 is 4.42 Å². The van der Waals surface area contributed by atoms with Crippen LogP contribution >= 0.6 is 0 Å². The standard InChI is InChI=1S/C46H31NO/c1-4-12-32(13-5-1)33-20-25-38(26-21-33)47(37-16-8-3-9-17-37)39-27-22-34(23-28-39)36-24-29-40-43(30-36)42(35-14-6-2-7-15-35)31-45-46(40)41-18-10-11-19-44(41)48-45/h1-31H. The molecule has 1 aromatic heterocycles. The molecule has 0 bridgehead atoms. The lowest BCUT2D eigenvalue weighted by molar-refractivity contribution is 0.669. The van der Waals surface area contributed by atoms with Crippen molar-refractivity contribution >= 4 is 49.8 Å². The van der Waals surface area contributed by atoms with Crippen LogP contribution in [0.1, 0.15) is 0 Å². The smallest absolute Gasteiger partial charge is 0.136 e. The van der Waals surface area contributed by atoms with Crippen molar-refractivity contribution in [2.24, 2.45) is 0 Å². The van der Waals surface area contributed by atoms with Crippen LogP contribution in [0.15, 0.2) is 192 Å². The average molecular weight is 614 g/mol. The first-order chi connectivity index (χ1) is 23.8. The number of benzene rings is 8. The van der Waals surface area contributed by atoms with Gasteiger partial charge in [-0.15, -0.1) is 0 Å². The molecule has 8 aromatic carbocycles. The molecule has 2 nitrogen and oxygen atoms in total. The van der Waals surface area contributed by atoms with Crippen LogP contribution in [0.25, 0.3) is 66.1 Å². The first kappa shape index (κ1) is 27.9. The second-order valence-electron chi connectivity index (χ2n) is 12.2. The predicted octanol–water partition coefficient (Wildman–Crippen LogP) is 13.2. The second kappa shape index (κ2) is 11.8. The van der Waals surface area contributed by atoms with Crippen molar-refractivity contribution in [3.8, 4) is 33.4 Å². The van der Waals surface area contributed by atoms with E-state index in [9.17, 15) is 0 Å². The molecule has 0 fully saturated rings. The van der Waals surface area contributed by atoms with Gasteiger partial charge in [0, 0.05) is 27.8 Å². The fourth-order valence-corrected chi connectivity index (χ4v) is 6.93. The Labute approximate surface area is 279 Å². The summed E-state index contributed by atoms with van der Waals surface area (Å²) in [5.74, 6) is 0. The molecule has 0 unspecified atom stereocenters. The third-order valence-corrected chi connectivity index (χ3v) is 9.27. The van der Waals surface area contributed by atoms with Crippen LogP contribution in [0.2, 0.25) is 0 Å². The van der Waals surface area contributed by atoms with E-state index in [1.807, 2.05) is 6.07 Å². The largest absolute Gasteiger partial charge is 0.456 e. The molecule has 0 aliphatic carbocycles. The summed E-state index contributed by atoms with van der Waals surface area (Å²) in [4.78, 5) is 2.31. The molecule has 2 heteroatoms. The maximum Gasteiger partial charge on any atom is 0.136 e. The SMILES string of the molecule is c1ccc(-c2ccc(N(c3ccccc3)c3ccc(-c4ccc5c(c4)c(-c4ccccc4)cc4oc6ccccc6c45)cc3)cc2)cc1. The van der Waals surface area contributed by atoms with Crippen LogP contribution < -0.4 is 4.90 Å². The van der Waals surface area contributed by atoms with Gasteiger partial charge < -0.3 is 9.32 Å². The van der Waals surface area contributed by atoms with E-state index in [2.05, 4.69) is 187 Å². The Hall–Kier alpha value is -6.38. The zero-order valence-corrected chi connectivity index (χ0v) is 26.3. The third kappa shape index (κ3) is 4.92. The van der Waals surface area contributed by atoms with Crippen molar-refractivity contribution in [1.82, 2.24) is 0 Å². The van der Waals surface area contributed by atoms with E-state index in [0.29, 0.717) is 0 Å². The summed E-state index contributed by atoms with van der Waals surface area (Å²) in [6, 6.07) is 66.8. The van der Waals surface area contributed by atoms with Crippen molar-refractivity contribution in [2.45, 2.75) is 0 Å². The average Bonchev–Trinajstić information content (AvgIpc) is 3.55. The highest BCUT2D eigenvalue weighted by atomic mass is 16.3. The van der Waals surface area contributed by atoms with E-state index < -0.39 is 0 Å². The number of fused-ring (bicyclic) bond motifs is 5. The molecule has 48 heavy (non-hydrogen) atoms. The fourth-order valence-electron chi connectivity index (χ4n) is 6.93. The highest BCUT2D eigenvalue weighted by Gasteiger charge is 2.17. The van der Waals surface area contributed by atoms with Crippen LogP contribution in [0.3, 0.4) is 0 Å². The summed E-state index contributed by atoms with van der Waals surface area (Å²) in [5.41, 5.74) is 12.3. The summed E-state index contributed by atoms with van der Waals surface area (Å²) in [7, 11) is 0. The summed E-state index contributed by atoms with van der Waals surface area (Å²) in [5, 5.41) is 4.73. The van der Waals surface area contributed by atoms with Crippen molar-refractivity contribution in [2.75, 3.05) is 4.90 Å². The van der Waals surface area contributed by atoms with Gasteiger partial charge in [-0.05, 0) is 98.8 Å². The molecule has 0 atom stereocenters. The molecule has 0 aliphatic rings. The highest BCUT2D eigenvalue weighted by molar-refractivity contribution is 6.22. The van der Waals surface area contributed by atoms with Gasteiger partial charge in [-0.2, -0.15) is 0 Å². The molecule has 0 saturated carbocycles. The van der Waals surface area contributed by atoms with Gasteiger partial charge in [-0.1, -0.05) is 133 Å². The Morgan fingerprint density at radius 3 is 1.48 bits per heavy atom. The Morgan fingerprint density at radius 2 is 0.812 bits per heavy atom. The molecule has 0 amide bonds. The van der Waals surface area contributed by atoms with Crippen LogP contribution in [0.4, 0.5) is 17.1 Å². The molecule has 9 rings (SSSR count). The van der Waals surface area contributed by atoms with E-state index >= 15 is 0 Å². The van der Waals surface area contributed by atoms with Crippen molar-refractivity contribution in [3.63, 3.8) is 0 Å². The molecule has 226 valence electrons. The van der Waals surface area contributed by atoms with Gasteiger partial charge >= 0.3 is 0 Å². The molecule has 0 radical (unpaired) electrons. The second-order valence-corrected chi connectivity index (χ2v) is 12.2. The number of anilines is 3. The maximum absolute atomic E-state index is 6.37. The summed E-state index contributed by atoms with van der Waals surface area (Å²) in [6.45, 7) is 0. The number of hydrogen-bond donors (Lipinski definition) is 0. The minimum atomic E-state index is 0.913. The van der Waals surface area contributed by atoms with Crippen LogP contribution in [-0.4, -0.2) is 0 Å². The van der Waals surface area contributed by atoms with Gasteiger partial charge in [0.2, 0.25) is 0 Å². The van der Waals surface area contributed by atoms with Crippen LogP contribution in [-0.2, 0) is 0 Å². The van der Waals surface area contributed by atoms with Crippen molar-refractivity contribution in [1.29, 1.82) is 0 Å². The number of nitrogens with zero attached hydrogens (tertiary/aromatic N) is 1. The number of rotatable bonds is 6. The van der Waals surface area contributed by atoms with Gasteiger partial charge in [0.25, 0.3) is 0 Å². The Morgan fingerprint density at radius 1 is 0.312 bits per heavy atom. The van der Waals surface area contributed by atoms with E-state index in [1.165, 1.54) is 49.5 Å². The predicted molar refractivity (Wildman–Crippen MR) is 202 cm³/mol. The number of hydrogen-bond acceptors (Lipinski definition) is 2. The lowest BCUT2D eigenvalue weighted by Crippen LogP contribution is -2.09. The molecule has 0 aliphatic heterocycles. The first-order valence-corrected chi connectivity index (χ1v) is 16.3. The van der Waals surface area contributed by atoms with Gasteiger partial charge in [-0.3, -0.25) is 0 Å². The molecule has 1 heterocycles. The van der Waals surface area contributed by atoms with Gasteiger partial charge in [0.1, 0.15) is 11.2 Å². The molecular formula is C46H31NO. The highest BCUT2D eigenvalue weighted by Crippen LogP contribution is 2.42. The quantitative estimate of drug-likeness (QED) is 0.185. The lowest BCUT2D eigenvalue weighted by Gasteiger charge is -2.26. The Kier molecular flexibility index (Phi) is 6.84. The first-order valence-electron chi connectivity index (χ1n) is 16.3. The Bertz CT molecular complexity index is 2520.